The van der Waals surface area contributed by atoms with Crippen molar-refractivity contribution in [1.29, 1.82) is 0 Å². The molecule has 2 heterocycles. The van der Waals surface area contributed by atoms with Gasteiger partial charge in [-0.1, -0.05) is 12.8 Å². The Morgan fingerprint density at radius 3 is 2.47 bits per heavy atom. The highest BCUT2D eigenvalue weighted by Crippen LogP contribution is 2.27. The van der Waals surface area contributed by atoms with E-state index in [2.05, 4.69) is 24.9 Å². The van der Waals surface area contributed by atoms with Crippen molar-refractivity contribution in [2.75, 3.05) is 44.4 Å². The highest BCUT2D eigenvalue weighted by Gasteiger charge is 2.32. The lowest BCUT2D eigenvalue weighted by Gasteiger charge is -2.31. The van der Waals surface area contributed by atoms with Crippen LogP contribution in [0.15, 0.2) is 0 Å². The molecule has 0 spiro atoms. The van der Waals surface area contributed by atoms with E-state index < -0.39 is 23.6 Å². The van der Waals surface area contributed by atoms with Crippen LogP contribution in [-0.2, 0) is 23.8 Å². The van der Waals surface area contributed by atoms with Gasteiger partial charge in [0.25, 0.3) is 5.88 Å². The molecule has 0 amide bonds. The molecule has 0 aromatic carbocycles. The maximum absolute atomic E-state index is 12.6. The molecule has 202 valence electrons. The van der Waals surface area contributed by atoms with E-state index in [4.69, 9.17) is 25.4 Å². The fourth-order valence-corrected chi connectivity index (χ4v) is 3.88. The predicted octanol–water partition coefficient (Wildman–Crippen LogP) is 2.81. The Kier molecular flexibility index (Phi) is 11.4. The number of terminal acetylenes is 1. The molecule has 0 radical (unpaired) electrons. The first-order chi connectivity index (χ1) is 17.0. The second kappa shape index (κ2) is 13.8. The average molecular weight is 525 g/mol. The molecule has 1 aliphatic heterocycles. The van der Waals surface area contributed by atoms with Crippen LogP contribution in [0.2, 0.25) is 0 Å². The Hall–Kier alpha value is -2.42. The van der Waals surface area contributed by atoms with E-state index in [0.717, 1.165) is 11.7 Å². The number of esters is 2. The van der Waals surface area contributed by atoms with Gasteiger partial charge < -0.3 is 29.2 Å². The van der Waals surface area contributed by atoms with Gasteiger partial charge in [-0.3, -0.25) is 9.59 Å². The molecule has 1 unspecified atom stereocenters. The first-order valence-corrected chi connectivity index (χ1v) is 13.1. The monoisotopic (exact) mass is 524 g/mol. The largest absolute Gasteiger partial charge is 0.470 e. The van der Waals surface area contributed by atoms with Gasteiger partial charge in [0, 0.05) is 25.2 Å². The summed E-state index contributed by atoms with van der Waals surface area (Å²) in [7, 11) is 0. The zero-order valence-corrected chi connectivity index (χ0v) is 23.1. The van der Waals surface area contributed by atoms with Gasteiger partial charge in [0.05, 0.1) is 43.7 Å². The molecule has 1 aromatic rings. The summed E-state index contributed by atoms with van der Waals surface area (Å²) in [5.74, 6) is 2.46. The number of morpholine rings is 1. The molecule has 10 nitrogen and oxygen atoms in total. The lowest BCUT2D eigenvalue weighted by atomic mass is 9.88. The van der Waals surface area contributed by atoms with Crippen LogP contribution < -0.4 is 15.0 Å². The predicted molar refractivity (Wildman–Crippen MR) is 138 cm³/mol. The molecule has 2 rings (SSSR count). The first-order valence-electron chi connectivity index (χ1n) is 12.4. The summed E-state index contributed by atoms with van der Waals surface area (Å²) in [6.45, 7) is 14.7. The second-order valence-electron chi connectivity index (χ2n) is 10.1. The molecular formula is C25H40N4O6S. The summed E-state index contributed by atoms with van der Waals surface area (Å²) >= 11 is 1.07. The number of anilines is 1. The van der Waals surface area contributed by atoms with E-state index in [1.807, 2.05) is 34.6 Å². The molecule has 1 N–H and O–H groups in total. The molecule has 3 atom stereocenters. The van der Waals surface area contributed by atoms with Crippen LogP contribution in [0.3, 0.4) is 0 Å². The van der Waals surface area contributed by atoms with Gasteiger partial charge in [0.2, 0.25) is 5.82 Å². The van der Waals surface area contributed by atoms with Crippen LogP contribution >= 0.6 is 11.7 Å². The minimum absolute atomic E-state index is 0.0929. The molecule has 0 aliphatic carbocycles. The van der Waals surface area contributed by atoms with Gasteiger partial charge in [-0.05, 0) is 41.0 Å². The number of rotatable bonds is 13. The van der Waals surface area contributed by atoms with E-state index in [0.29, 0.717) is 51.0 Å². The molecule has 11 heteroatoms. The number of nitrogens with one attached hydrogen (secondary N) is 1. The zero-order chi connectivity index (χ0) is 26.8. The van der Waals surface area contributed by atoms with Crippen molar-refractivity contribution >= 4 is 29.5 Å². The number of aromatic nitrogens is 2. The third kappa shape index (κ3) is 9.56. The van der Waals surface area contributed by atoms with E-state index in [9.17, 15) is 9.59 Å². The molecule has 1 aliphatic rings. The highest BCUT2D eigenvalue weighted by molar-refractivity contribution is 6.99. The van der Waals surface area contributed by atoms with Gasteiger partial charge in [0.1, 0.15) is 18.3 Å². The van der Waals surface area contributed by atoms with Crippen LogP contribution in [0.5, 0.6) is 5.88 Å². The number of hydrogen-bond donors (Lipinski definition) is 1. The molecule has 36 heavy (non-hydrogen) atoms. The first kappa shape index (κ1) is 29.8. The molecule has 1 saturated heterocycles. The van der Waals surface area contributed by atoms with Gasteiger partial charge in [-0.15, -0.1) is 10.8 Å². The van der Waals surface area contributed by atoms with Crippen LogP contribution in [0.25, 0.3) is 0 Å². The molecule has 1 fully saturated rings. The van der Waals surface area contributed by atoms with Gasteiger partial charge >= 0.3 is 11.9 Å². The smallest absolute Gasteiger partial charge is 0.306 e. The van der Waals surface area contributed by atoms with Crippen molar-refractivity contribution in [3.8, 4) is 18.2 Å². The third-order valence-electron chi connectivity index (χ3n) is 6.07. The normalized spacial score (nSPS) is 17.4. The minimum atomic E-state index is -0.775. The zero-order valence-electron chi connectivity index (χ0n) is 22.3. The van der Waals surface area contributed by atoms with Crippen molar-refractivity contribution in [3.05, 3.63) is 0 Å². The van der Waals surface area contributed by atoms with E-state index >= 15 is 0 Å². The number of nitrogens with zero attached hydrogens (tertiary/aromatic N) is 3. The van der Waals surface area contributed by atoms with Crippen LogP contribution in [0.1, 0.15) is 60.8 Å². The summed E-state index contributed by atoms with van der Waals surface area (Å²) in [5.41, 5.74) is -0.962. The van der Waals surface area contributed by atoms with Crippen molar-refractivity contribution in [1.82, 2.24) is 14.1 Å². The number of hydrogen-bond acceptors (Lipinski definition) is 11. The van der Waals surface area contributed by atoms with Crippen molar-refractivity contribution in [2.45, 2.75) is 78.0 Å². The molecule has 0 bridgehead atoms. The number of ether oxygens (including phenoxy) is 4. The van der Waals surface area contributed by atoms with Crippen LogP contribution in [0.4, 0.5) is 5.82 Å². The van der Waals surface area contributed by atoms with Crippen molar-refractivity contribution < 1.29 is 28.5 Å². The Balaban J connectivity index is 1.93. The average Bonchev–Trinajstić information content (AvgIpc) is 3.32. The number of carbonyl (C=O) groups is 2. The summed E-state index contributed by atoms with van der Waals surface area (Å²) in [6.07, 6.45) is 5.30. The Bertz CT molecular complexity index is 890. The van der Waals surface area contributed by atoms with E-state index in [1.165, 1.54) is 0 Å². The van der Waals surface area contributed by atoms with E-state index in [1.54, 1.807) is 6.92 Å². The van der Waals surface area contributed by atoms with Gasteiger partial charge in [-0.2, -0.15) is 4.37 Å². The maximum Gasteiger partial charge on any atom is 0.306 e. The summed E-state index contributed by atoms with van der Waals surface area (Å²) in [4.78, 5) is 27.0. The SMILES string of the molecule is C#C[C@H](C)C(C)(CC)OC(=O)CCC(=O)O[C@@H](CNC(C)(C)C)COc1nsnc1N1CCOCC1. The van der Waals surface area contributed by atoms with Crippen molar-refractivity contribution in [3.63, 3.8) is 0 Å². The lowest BCUT2D eigenvalue weighted by Crippen LogP contribution is -2.44. The summed E-state index contributed by atoms with van der Waals surface area (Å²) in [6, 6.07) is 0. The van der Waals surface area contributed by atoms with E-state index in [-0.39, 0.29) is 30.9 Å². The second-order valence-corrected chi connectivity index (χ2v) is 10.6. The summed E-state index contributed by atoms with van der Waals surface area (Å²) < 4.78 is 31.2. The van der Waals surface area contributed by atoms with Crippen molar-refractivity contribution in [2.24, 2.45) is 5.92 Å². The fraction of sp³-hybridized carbons (Fsp3) is 0.760. The fourth-order valence-electron chi connectivity index (χ4n) is 3.36. The standard InChI is InChI=1S/C25H40N4O6S/c1-8-18(3)25(7,9-2)35-21(31)11-10-20(30)34-19(16-26-24(4,5)6)17-33-23-22(27-36-28-23)29-12-14-32-15-13-29/h1,18-19,26H,9-17H2,2-7H3/t18-,19-,25?/m0/s1. The Labute approximate surface area is 218 Å². The molecule has 1 aromatic heterocycles. The quantitative estimate of drug-likeness (QED) is 0.305. The highest BCUT2D eigenvalue weighted by atomic mass is 32.1. The summed E-state index contributed by atoms with van der Waals surface area (Å²) in [5, 5.41) is 3.33. The lowest BCUT2D eigenvalue weighted by molar-refractivity contribution is -0.165. The topological polar surface area (TPSA) is 112 Å². The number of carbonyl (C=O) groups excluding carboxylic acids is 2. The maximum atomic E-state index is 12.6. The van der Waals surface area contributed by atoms with Gasteiger partial charge in [-0.25, -0.2) is 0 Å². The van der Waals surface area contributed by atoms with Gasteiger partial charge in [0.15, 0.2) is 0 Å². The molecular weight excluding hydrogens is 484 g/mol. The van der Waals surface area contributed by atoms with Crippen LogP contribution in [-0.4, -0.2) is 77.4 Å². The minimum Gasteiger partial charge on any atom is -0.470 e. The molecule has 0 saturated carbocycles. The third-order valence-corrected chi connectivity index (χ3v) is 6.57. The van der Waals surface area contributed by atoms with Crippen LogP contribution in [0, 0.1) is 18.3 Å². The Morgan fingerprint density at radius 1 is 1.19 bits per heavy atom. The Morgan fingerprint density at radius 2 is 1.86 bits per heavy atom.